The summed E-state index contributed by atoms with van der Waals surface area (Å²) in [4.78, 5) is 4.26. The van der Waals surface area contributed by atoms with Gasteiger partial charge in [-0.15, -0.1) is 5.10 Å². The molecule has 10 heteroatoms. The Bertz CT molecular complexity index is 1060. The van der Waals surface area contributed by atoms with Gasteiger partial charge in [-0.1, -0.05) is 6.07 Å². The normalized spacial score (nSPS) is 11.4. The Morgan fingerprint density at radius 3 is 2.50 bits per heavy atom. The van der Waals surface area contributed by atoms with E-state index in [1.54, 1.807) is 36.5 Å². The first-order valence-electron chi connectivity index (χ1n) is 8.12. The number of nitrogens with one attached hydrogen (secondary N) is 3. The highest BCUT2D eigenvalue weighted by atomic mass is 19.4. The van der Waals surface area contributed by atoms with E-state index in [1.807, 2.05) is 0 Å². The summed E-state index contributed by atoms with van der Waals surface area (Å²) in [5, 5.41) is 16.0. The Morgan fingerprint density at radius 1 is 0.964 bits per heavy atom. The molecule has 4 rings (SSSR count). The van der Waals surface area contributed by atoms with Crippen molar-refractivity contribution in [3.05, 3.63) is 66.4 Å². The van der Waals surface area contributed by atoms with E-state index >= 15 is 0 Å². The van der Waals surface area contributed by atoms with Crippen molar-refractivity contribution in [2.24, 2.45) is 0 Å². The first-order chi connectivity index (χ1) is 13.5. The fourth-order valence-corrected chi connectivity index (χ4v) is 2.46. The monoisotopic (exact) mass is 386 g/mol. The summed E-state index contributed by atoms with van der Waals surface area (Å²) in [5.41, 5.74) is 0.228. The van der Waals surface area contributed by atoms with Crippen LogP contribution in [0.1, 0.15) is 5.56 Å². The summed E-state index contributed by atoms with van der Waals surface area (Å²) in [6, 6.07) is 13.6. The van der Waals surface area contributed by atoms with Gasteiger partial charge in [0.15, 0.2) is 5.82 Å². The highest BCUT2D eigenvalue weighted by Crippen LogP contribution is 2.31. The van der Waals surface area contributed by atoms with Crippen molar-refractivity contribution in [1.29, 1.82) is 0 Å². The third-order valence-electron chi connectivity index (χ3n) is 3.76. The van der Waals surface area contributed by atoms with Crippen molar-refractivity contribution in [1.82, 2.24) is 25.4 Å². The van der Waals surface area contributed by atoms with E-state index in [9.17, 15) is 13.2 Å². The quantitative estimate of drug-likeness (QED) is 0.460. The zero-order chi connectivity index (χ0) is 19.6. The van der Waals surface area contributed by atoms with Crippen LogP contribution in [0, 0.1) is 0 Å². The summed E-state index contributed by atoms with van der Waals surface area (Å²) >= 11 is 0. The third-order valence-corrected chi connectivity index (χ3v) is 3.76. The van der Waals surface area contributed by atoms with Gasteiger partial charge in [0.05, 0.1) is 11.8 Å². The van der Waals surface area contributed by atoms with Gasteiger partial charge in [-0.3, -0.25) is 5.10 Å². The SMILES string of the molecule is FC(F)(F)c1cccc(Nc2n[nH]c(-c3ccc(Oc4ccn[nH]4)cc3)n2)c1. The Morgan fingerprint density at radius 2 is 1.79 bits per heavy atom. The van der Waals surface area contributed by atoms with Gasteiger partial charge in [0.25, 0.3) is 0 Å². The maximum atomic E-state index is 12.8. The van der Waals surface area contributed by atoms with Gasteiger partial charge in [-0.2, -0.15) is 23.3 Å². The summed E-state index contributed by atoms with van der Waals surface area (Å²) in [6.07, 6.45) is -2.83. The molecule has 2 heterocycles. The van der Waals surface area contributed by atoms with Crippen molar-refractivity contribution in [2.75, 3.05) is 5.32 Å². The number of hydrogen-bond acceptors (Lipinski definition) is 5. The molecule has 0 aliphatic rings. The summed E-state index contributed by atoms with van der Waals surface area (Å²) in [6.45, 7) is 0. The fraction of sp³-hybridized carbons (Fsp3) is 0.0556. The van der Waals surface area contributed by atoms with Crippen LogP contribution in [0.4, 0.5) is 24.8 Å². The first kappa shape index (κ1) is 17.6. The molecule has 0 bridgehead atoms. The Kier molecular flexibility index (Phi) is 4.44. The highest BCUT2D eigenvalue weighted by molar-refractivity contribution is 5.60. The van der Waals surface area contributed by atoms with E-state index in [-0.39, 0.29) is 11.6 Å². The van der Waals surface area contributed by atoms with E-state index in [1.165, 1.54) is 12.1 Å². The van der Waals surface area contributed by atoms with Crippen LogP contribution in [0.3, 0.4) is 0 Å². The predicted octanol–water partition coefficient (Wildman–Crippen LogP) is 4.75. The molecule has 142 valence electrons. The van der Waals surface area contributed by atoms with Crippen molar-refractivity contribution in [2.45, 2.75) is 6.18 Å². The number of halogens is 3. The predicted molar refractivity (Wildman–Crippen MR) is 95.2 cm³/mol. The number of benzene rings is 2. The van der Waals surface area contributed by atoms with E-state index in [0.29, 0.717) is 17.5 Å². The smallest absolute Gasteiger partial charge is 0.416 e. The maximum Gasteiger partial charge on any atom is 0.416 e. The Hall–Kier alpha value is -3.82. The van der Waals surface area contributed by atoms with Crippen LogP contribution in [-0.2, 0) is 6.18 Å². The number of alkyl halides is 3. The lowest BCUT2D eigenvalue weighted by molar-refractivity contribution is -0.137. The minimum atomic E-state index is -4.41. The number of aromatic amines is 2. The Labute approximate surface area is 156 Å². The molecule has 4 aromatic rings. The summed E-state index contributed by atoms with van der Waals surface area (Å²) in [5.74, 6) is 1.74. The molecule has 0 fully saturated rings. The molecule has 0 aliphatic carbocycles. The zero-order valence-corrected chi connectivity index (χ0v) is 14.2. The van der Waals surface area contributed by atoms with Crippen molar-refractivity contribution >= 4 is 11.6 Å². The number of nitrogens with zero attached hydrogens (tertiary/aromatic N) is 3. The van der Waals surface area contributed by atoms with Gasteiger partial charge in [0.1, 0.15) is 5.75 Å². The van der Waals surface area contributed by atoms with E-state index in [4.69, 9.17) is 4.74 Å². The van der Waals surface area contributed by atoms with Crippen LogP contribution in [0.15, 0.2) is 60.8 Å². The number of anilines is 2. The van der Waals surface area contributed by atoms with Gasteiger partial charge in [0, 0.05) is 17.3 Å². The maximum absolute atomic E-state index is 12.8. The third kappa shape index (κ3) is 3.95. The molecular formula is C18H13F3N6O. The molecule has 0 unspecified atom stereocenters. The van der Waals surface area contributed by atoms with Gasteiger partial charge >= 0.3 is 6.18 Å². The number of H-pyrrole nitrogens is 2. The average Bonchev–Trinajstić information content (AvgIpc) is 3.34. The molecule has 0 spiro atoms. The topological polar surface area (TPSA) is 91.5 Å². The van der Waals surface area contributed by atoms with Crippen molar-refractivity contribution in [3.8, 4) is 23.0 Å². The van der Waals surface area contributed by atoms with Gasteiger partial charge in [0.2, 0.25) is 11.8 Å². The number of hydrogen-bond donors (Lipinski definition) is 3. The molecule has 2 aromatic carbocycles. The van der Waals surface area contributed by atoms with Gasteiger partial charge in [-0.25, -0.2) is 5.10 Å². The molecule has 0 aliphatic heterocycles. The highest BCUT2D eigenvalue weighted by Gasteiger charge is 2.30. The molecule has 0 atom stereocenters. The standard InChI is InChI=1S/C18H13F3N6O/c19-18(20,21)12-2-1-3-13(10-12)23-17-24-16(26-27-17)11-4-6-14(7-5-11)28-15-8-9-22-25-15/h1-10H,(H,22,25)(H2,23,24,26,27). The molecule has 0 amide bonds. The Balaban J connectivity index is 1.47. The molecule has 0 saturated heterocycles. The fourth-order valence-electron chi connectivity index (χ4n) is 2.46. The van der Waals surface area contributed by atoms with E-state index < -0.39 is 11.7 Å². The number of rotatable bonds is 5. The molecule has 28 heavy (non-hydrogen) atoms. The summed E-state index contributed by atoms with van der Waals surface area (Å²) < 4.78 is 44.0. The van der Waals surface area contributed by atoms with Crippen LogP contribution in [0.25, 0.3) is 11.4 Å². The van der Waals surface area contributed by atoms with E-state index in [0.717, 1.165) is 17.7 Å². The van der Waals surface area contributed by atoms with Crippen molar-refractivity contribution < 1.29 is 17.9 Å². The van der Waals surface area contributed by atoms with Crippen molar-refractivity contribution in [3.63, 3.8) is 0 Å². The molecular weight excluding hydrogens is 373 g/mol. The van der Waals surface area contributed by atoms with E-state index in [2.05, 4.69) is 30.7 Å². The second-order valence-electron chi connectivity index (χ2n) is 5.76. The van der Waals surface area contributed by atoms with Crippen LogP contribution < -0.4 is 10.1 Å². The minimum Gasteiger partial charge on any atom is -0.440 e. The average molecular weight is 386 g/mol. The molecule has 0 saturated carbocycles. The lowest BCUT2D eigenvalue weighted by Gasteiger charge is -2.08. The molecule has 7 nitrogen and oxygen atoms in total. The number of ether oxygens (including phenoxy) is 1. The van der Waals surface area contributed by atoms with Crippen LogP contribution in [0.5, 0.6) is 11.6 Å². The summed E-state index contributed by atoms with van der Waals surface area (Å²) in [7, 11) is 0. The molecule has 0 radical (unpaired) electrons. The lowest BCUT2D eigenvalue weighted by Crippen LogP contribution is -2.05. The van der Waals surface area contributed by atoms with Crippen LogP contribution in [0.2, 0.25) is 0 Å². The second kappa shape index (κ2) is 7.06. The largest absolute Gasteiger partial charge is 0.440 e. The lowest BCUT2D eigenvalue weighted by atomic mass is 10.2. The molecule has 2 aromatic heterocycles. The minimum absolute atomic E-state index is 0.159. The van der Waals surface area contributed by atoms with Gasteiger partial charge < -0.3 is 10.1 Å². The van der Waals surface area contributed by atoms with Crippen LogP contribution >= 0.6 is 0 Å². The molecule has 3 N–H and O–H groups in total. The number of aromatic nitrogens is 5. The first-order valence-corrected chi connectivity index (χ1v) is 8.12. The zero-order valence-electron chi connectivity index (χ0n) is 14.2. The van der Waals surface area contributed by atoms with Gasteiger partial charge in [-0.05, 0) is 42.5 Å². The second-order valence-corrected chi connectivity index (χ2v) is 5.76. The van der Waals surface area contributed by atoms with Crippen LogP contribution in [-0.4, -0.2) is 25.4 Å².